The molecule has 1 fully saturated rings. The molecule has 0 spiro atoms. The maximum absolute atomic E-state index is 11.5. The molecule has 4 nitrogen and oxygen atoms in total. The van der Waals surface area contributed by atoms with Gasteiger partial charge in [-0.05, 0) is 46.2 Å². The molecule has 84 valence electrons. The Morgan fingerprint density at radius 3 is 2.43 bits per heavy atom. The first-order valence-electron chi connectivity index (χ1n) is 5.14. The van der Waals surface area contributed by atoms with E-state index >= 15 is 0 Å². The lowest BCUT2D eigenvalue weighted by atomic mass is 10.3. The zero-order valence-electron chi connectivity index (χ0n) is 8.97. The lowest BCUT2D eigenvalue weighted by Gasteiger charge is -2.11. The second-order valence-electron chi connectivity index (χ2n) is 4.29. The van der Waals surface area contributed by atoms with Crippen LogP contribution in [0.4, 0.5) is 0 Å². The molecule has 0 aromatic rings. The Hall–Kier alpha value is -0.130. The fourth-order valence-corrected chi connectivity index (χ4v) is 2.95. The summed E-state index contributed by atoms with van der Waals surface area (Å²) in [6.45, 7) is 2.84. The predicted octanol–water partition coefficient (Wildman–Crippen LogP) is 0.458. The zero-order valence-corrected chi connectivity index (χ0v) is 9.78. The Morgan fingerprint density at radius 1 is 1.29 bits per heavy atom. The van der Waals surface area contributed by atoms with Crippen molar-refractivity contribution in [2.75, 3.05) is 19.3 Å². The fourth-order valence-electron chi connectivity index (χ4n) is 1.31. The van der Waals surface area contributed by atoms with Crippen LogP contribution in [0.5, 0.6) is 0 Å². The Balaban J connectivity index is 2.21. The number of unbranched alkanes of at least 4 members (excludes halogenated alkanes) is 1. The topological polar surface area (TPSA) is 58.2 Å². The van der Waals surface area contributed by atoms with Crippen LogP contribution in [0.2, 0.25) is 0 Å². The van der Waals surface area contributed by atoms with E-state index in [2.05, 4.69) is 10.0 Å². The monoisotopic (exact) mass is 220 g/mol. The van der Waals surface area contributed by atoms with Crippen molar-refractivity contribution < 1.29 is 8.42 Å². The van der Waals surface area contributed by atoms with E-state index in [-0.39, 0.29) is 11.3 Å². The number of sulfonamides is 1. The van der Waals surface area contributed by atoms with Crippen LogP contribution < -0.4 is 10.0 Å². The molecular weight excluding hydrogens is 200 g/mol. The minimum absolute atomic E-state index is 0.123. The summed E-state index contributed by atoms with van der Waals surface area (Å²) in [7, 11) is -1.16. The Morgan fingerprint density at radius 2 is 1.93 bits per heavy atom. The first-order chi connectivity index (χ1) is 6.47. The molecule has 1 saturated carbocycles. The smallest absolute Gasteiger partial charge is 0.212 e. The minimum Gasteiger partial charge on any atom is -0.320 e. The second-order valence-corrected chi connectivity index (χ2v) is 6.13. The highest BCUT2D eigenvalue weighted by molar-refractivity contribution is 7.89. The van der Waals surface area contributed by atoms with Gasteiger partial charge in [0.2, 0.25) is 10.0 Å². The van der Waals surface area contributed by atoms with E-state index in [1.54, 1.807) is 0 Å². The van der Waals surface area contributed by atoms with Crippen LogP contribution >= 0.6 is 0 Å². The van der Waals surface area contributed by atoms with Gasteiger partial charge in [0, 0.05) is 5.54 Å². The average Bonchev–Trinajstić information content (AvgIpc) is 2.76. The normalized spacial score (nSPS) is 19.6. The van der Waals surface area contributed by atoms with Crippen LogP contribution in [-0.2, 0) is 10.0 Å². The lowest BCUT2D eigenvalue weighted by molar-refractivity contribution is 0.553. The van der Waals surface area contributed by atoms with Crippen LogP contribution in [0.25, 0.3) is 0 Å². The quantitative estimate of drug-likeness (QED) is 0.613. The molecule has 0 atom stereocenters. The molecule has 0 heterocycles. The van der Waals surface area contributed by atoms with Gasteiger partial charge in [-0.15, -0.1) is 0 Å². The Labute approximate surface area is 86.5 Å². The molecule has 0 aromatic carbocycles. The molecule has 0 saturated heterocycles. The standard InChI is InChI=1S/C9H20N2O2S/c1-9(5-6-9)11-14(12,13)8-4-3-7-10-2/h10-11H,3-8H2,1-2H3. The van der Waals surface area contributed by atoms with Gasteiger partial charge in [-0.2, -0.15) is 0 Å². The Bertz CT molecular complexity index is 271. The van der Waals surface area contributed by atoms with Gasteiger partial charge in [-0.3, -0.25) is 0 Å². The molecule has 1 aliphatic rings. The summed E-state index contributed by atoms with van der Waals surface area (Å²) in [5, 5.41) is 3.00. The van der Waals surface area contributed by atoms with Gasteiger partial charge in [0.1, 0.15) is 0 Å². The molecule has 0 aromatic heterocycles. The summed E-state index contributed by atoms with van der Waals surface area (Å²) in [6, 6.07) is 0. The number of hydrogen-bond donors (Lipinski definition) is 2. The van der Waals surface area contributed by atoms with Gasteiger partial charge in [-0.1, -0.05) is 0 Å². The van der Waals surface area contributed by atoms with Crippen molar-refractivity contribution in [2.45, 2.75) is 38.1 Å². The maximum Gasteiger partial charge on any atom is 0.212 e. The van der Waals surface area contributed by atoms with E-state index in [4.69, 9.17) is 0 Å². The third kappa shape index (κ3) is 4.39. The van der Waals surface area contributed by atoms with Gasteiger partial charge < -0.3 is 5.32 Å². The van der Waals surface area contributed by atoms with Crippen LogP contribution in [0.1, 0.15) is 32.6 Å². The van der Waals surface area contributed by atoms with E-state index in [0.717, 1.165) is 32.2 Å². The number of nitrogens with one attached hydrogen (secondary N) is 2. The molecule has 0 radical (unpaired) electrons. The van der Waals surface area contributed by atoms with Crippen LogP contribution in [-0.4, -0.2) is 33.3 Å². The molecule has 0 amide bonds. The van der Waals surface area contributed by atoms with Crippen molar-refractivity contribution in [1.82, 2.24) is 10.0 Å². The summed E-state index contributed by atoms with van der Waals surface area (Å²) < 4.78 is 25.8. The second kappa shape index (κ2) is 4.59. The molecular formula is C9H20N2O2S. The SMILES string of the molecule is CNCCCCS(=O)(=O)NC1(C)CC1. The fraction of sp³-hybridized carbons (Fsp3) is 1.00. The molecule has 0 unspecified atom stereocenters. The third-order valence-corrected chi connectivity index (χ3v) is 4.12. The summed E-state index contributed by atoms with van der Waals surface area (Å²) >= 11 is 0. The highest BCUT2D eigenvalue weighted by Gasteiger charge is 2.40. The zero-order chi connectivity index (χ0) is 10.7. The molecule has 0 aliphatic heterocycles. The summed E-state index contributed by atoms with van der Waals surface area (Å²) in [5.74, 6) is 0.254. The average molecular weight is 220 g/mol. The number of rotatable bonds is 7. The van der Waals surface area contributed by atoms with Crippen LogP contribution in [0, 0.1) is 0 Å². The van der Waals surface area contributed by atoms with E-state index in [1.165, 1.54) is 0 Å². The summed E-state index contributed by atoms with van der Waals surface area (Å²) in [5.41, 5.74) is -0.123. The molecule has 14 heavy (non-hydrogen) atoms. The van der Waals surface area contributed by atoms with Crippen molar-refractivity contribution >= 4 is 10.0 Å². The highest BCUT2D eigenvalue weighted by Crippen LogP contribution is 2.35. The van der Waals surface area contributed by atoms with Crippen molar-refractivity contribution in [3.63, 3.8) is 0 Å². The molecule has 1 rings (SSSR count). The maximum atomic E-state index is 11.5. The van der Waals surface area contributed by atoms with Gasteiger partial charge in [0.25, 0.3) is 0 Å². The first kappa shape index (κ1) is 11.9. The predicted molar refractivity (Wildman–Crippen MR) is 57.7 cm³/mol. The van der Waals surface area contributed by atoms with Gasteiger partial charge in [0.15, 0.2) is 0 Å². The third-order valence-electron chi connectivity index (χ3n) is 2.49. The van der Waals surface area contributed by atoms with Crippen molar-refractivity contribution in [3.8, 4) is 0 Å². The van der Waals surface area contributed by atoms with Crippen LogP contribution in [0.3, 0.4) is 0 Å². The molecule has 5 heteroatoms. The van der Waals surface area contributed by atoms with Crippen molar-refractivity contribution in [3.05, 3.63) is 0 Å². The van der Waals surface area contributed by atoms with E-state index < -0.39 is 10.0 Å². The molecule has 0 bridgehead atoms. The molecule has 1 aliphatic carbocycles. The lowest BCUT2D eigenvalue weighted by Crippen LogP contribution is -2.36. The van der Waals surface area contributed by atoms with Crippen LogP contribution in [0.15, 0.2) is 0 Å². The largest absolute Gasteiger partial charge is 0.320 e. The molecule has 2 N–H and O–H groups in total. The summed E-state index contributed by atoms with van der Waals surface area (Å²) in [4.78, 5) is 0. The summed E-state index contributed by atoms with van der Waals surface area (Å²) in [6.07, 6.45) is 3.59. The van der Waals surface area contributed by atoms with Gasteiger partial charge in [-0.25, -0.2) is 13.1 Å². The van der Waals surface area contributed by atoms with Gasteiger partial charge >= 0.3 is 0 Å². The van der Waals surface area contributed by atoms with E-state index in [0.29, 0.717) is 0 Å². The first-order valence-corrected chi connectivity index (χ1v) is 6.79. The van der Waals surface area contributed by atoms with E-state index in [1.807, 2.05) is 14.0 Å². The Kier molecular flexibility index (Phi) is 3.92. The van der Waals surface area contributed by atoms with Gasteiger partial charge in [0.05, 0.1) is 5.75 Å². The van der Waals surface area contributed by atoms with E-state index in [9.17, 15) is 8.42 Å². The number of hydrogen-bond acceptors (Lipinski definition) is 3. The van der Waals surface area contributed by atoms with Crippen molar-refractivity contribution in [1.29, 1.82) is 0 Å². The van der Waals surface area contributed by atoms with Crippen molar-refractivity contribution in [2.24, 2.45) is 0 Å². The minimum atomic E-state index is -3.04. The highest BCUT2D eigenvalue weighted by atomic mass is 32.2.